The molecule has 0 N–H and O–H groups in total. The maximum Gasteiger partial charge on any atom is 0.219 e. The third-order valence-electron chi connectivity index (χ3n) is 3.54. The molecule has 0 aromatic carbocycles. The Morgan fingerprint density at radius 2 is 1.88 bits per heavy atom. The molecule has 1 aliphatic rings. The smallest absolute Gasteiger partial charge is 0.219 e. The van der Waals surface area contributed by atoms with Gasteiger partial charge in [0.1, 0.15) is 0 Å². The van der Waals surface area contributed by atoms with Crippen LogP contribution >= 0.6 is 0 Å². The van der Waals surface area contributed by atoms with E-state index in [2.05, 4.69) is 24.0 Å². The van der Waals surface area contributed by atoms with Crippen molar-refractivity contribution in [1.29, 1.82) is 0 Å². The summed E-state index contributed by atoms with van der Waals surface area (Å²) in [7, 11) is 0. The molecule has 0 amide bonds. The third-order valence-corrected chi connectivity index (χ3v) is 3.54. The van der Waals surface area contributed by atoms with Gasteiger partial charge < -0.3 is 4.42 Å². The van der Waals surface area contributed by atoms with Crippen molar-refractivity contribution in [3.63, 3.8) is 0 Å². The predicted molar refractivity (Wildman–Crippen MR) is 63.2 cm³/mol. The first-order chi connectivity index (χ1) is 7.65. The number of aryl methyl sites for hydroxylation is 1. The Bertz CT molecular complexity index is 324. The van der Waals surface area contributed by atoms with E-state index in [0.717, 1.165) is 17.7 Å². The van der Waals surface area contributed by atoms with Gasteiger partial charge in [-0.3, -0.25) is 0 Å². The van der Waals surface area contributed by atoms with Crippen LogP contribution < -0.4 is 0 Å². The first kappa shape index (κ1) is 11.6. The largest absolute Gasteiger partial charge is 0.425 e. The summed E-state index contributed by atoms with van der Waals surface area (Å²) in [5.41, 5.74) is 0. The molecule has 0 radical (unpaired) electrons. The molecule has 16 heavy (non-hydrogen) atoms. The lowest BCUT2D eigenvalue weighted by molar-refractivity contribution is 0.260. The van der Waals surface area contributed by atoms with E-state index < -0.39 is 0 Å². The average Bonchev–Trinajstić information content (AvgIpc) is 2.65. The Kier molecular flexibility index (Phi) is 3.62. The summed E-state index contributed by atoms with van der Waals surface area (Å²) in [4.78, 5) is 0. The number of hydrogen-bond acceptors (Lipinski definition) is 3. The second kappa shape index (κ2) is 4.98. The number of rotatable bonds is 3. The molecule has 1 aliphatic carbocycles. The Hall–Kier alpha value is -0.860. The van der Waals surface area contributed by atoms with Gasteiger partial charge in [-0.25, -0.2) is 0 Å². The zero-order valence-electron chi connectivity index (χ0n) is 10.6. The van der Waals surface area contributed by atoms with Crippen molar-refractivity contribution in [2.24, 2.45) is 11.8 Å². The standard InChI is InChI=1S/C13H22N2O/c1-9(2)8-11-4-6-12(7-5-11)13-15-14-10(3)16-13/h9,11-12H,4-8H2,1-3H3. The van der Waals surface area contributed by atoms with Crippen molar-refractivity contribution in [3.8, 4) is 0 Å². The van der Waals surface area contributed by atoms with Gasteiger partial charge in [0, 0.05) is 12.8 Å². The molecule has 1 saturated carbocycles. The van der Waals surface area contributed by atoms with E-state index in [4.69, 9.17) is 4.42 Å². The average molecular weight is 222 g/mol. The van der Waals surface area contributed by atoms with E-state index in [9.17, 15) is 0 Å². The van der Waals surface area contributed by atoms with Crippen LogP contribution in [0.1, 0.15) is 63.7 Å². The lowest BCUT2D eigenvalue weighted by Crippen LogP contribution is -2.15. The van der Waals surface area contributed by atoms with E-state index in [1.54, 1.807) is 0 Å². The van der Waals surface area contributed by atoms with Gasteiger partial charge in [-0.05, 0) is 43.9 Å². The zero-order chi connectivity index (χ0) is 11.5. The molecular weight excluding hydrogens is 200 g/mol. The Balaban J connectivity index is 1.85. The monoisotopic (exact) mass is 222 g/mol. The minimum Gasteiger partial charge on any atom is -0.425 e. The van der Waals surface area contributed by atoms with Crippen LogP contribution in [0.3, 0.4) is 0 Å². The normalized spacial score (nSPS) is 26.2. The zero-order valence-corrected chi connectivity index (χ0v) is 10.6. The lowest BCUT2D eigenvalue weighted by atomic mass is 9.78. The second-order valence-electron chi connectivity index (χ2n) is 5.51. The summed E-state index contributed by atoms with van der Waals surface area (Å²) in [6.07, 6.45) is 6.46. The van der Waals surface area contributed by atoms with Gasteiger partial charge in [0.25, 0.3) is 0 Å². The number of hydrogen-bond donors (Lipinski definition) is 0. The van der Waals surface area contributed by atoms with Crippen molar-refractivity contribution in [1.82, 2.24) is 10.2 Å². The van der Waals surface area contributed by atoms with Crippen molar-refractivity contribution < 1.29 is 4.42 Å². The van der Waals surface area contributed by atoms with Crippen LogP contribution in [0.4, 0.5) is 0 Å². The van der Waals surface area contributed by atoms with Gasteiger partial charge in [-0.15, -0.1) is 10.2 Å². The summed E-state index contributed by atoms with van der Waals surface area (Å²) in [5.74, 6) is 3.82. The molecule has 1 heterocycles. The third kappa shape index (κ3) is 2.83. The van der Waals surface area contributed by atoms with Gasteiger partial charge in [0.05, 0.1) is 0 Å². The lowest BCUT2D eigenvalue weighted by Gasteiger charge is -2.27. The molecule has 0 bridgehead atoms. The van der Waals surface area contributed by atoms with Gasteiger partial charge in [0.15, 0.2) is 0 Å². The Morgan fingerprint density at radius 3 is 2.38 bits per heavy atom. The molecule has 0 saturated heterocycles. The van der Waals surface area contributed by atoms with Crippen LogP contribution in [-0.4, -0.2) is 10.2 Å². The fourth-order valence-electron chi connectivity index (χ4n) is 2.79. The highest BCUT2D eigenvalue weighted by Crippen LogP contribution is 2.37. The van der Waals surface area contributed by atoms with E-state index in [1.807, 2.05) is 6.92 Å². The van der Waals surface area contributed by atoms with Crippen LogP contribution in [-0.2, 0) is 0 Å². The highest BCUT2D eigenvalue weighted by atomic mass is 16.4. The van der Waals surface area contributed by atoms with Crippen molar-refractivity contribution in [2.75, 3.05) is 0 Å². The summed E-state index contributed by atoms with van der Waals surface area (Å²) in [5, 5.41) is 8.05. The molecule has 2 rings (SSSR count). The van der Waals surface area contributed by atoms with Crippen molar-refractivity contribution >= 4 is 0 Å². The topological polar surface area (TPSA) is 38.9 Å². The van der Waals surface area contributed by atoms with Crippen LogP contribution in [0.25, 0.3) is 0 Å². The SMILES string of the molecule is Cc1nnc(C2CCC(CC(C)C)CC2)o1. The molecule has 0 aliphatic heterocycles. The Morgan fingerprint density at radius 1 is 1.19 bits per heavy atom. The summed E-state index contributed by atoms with van der Waals surface area (Å²) < 4.78 is 5.52. The molecule has 3 heteroatoms. The maximum atomic E-state index is 5.52. The molecular formula is C13H22N2O. The molecule has 90 valence electrons. The molecule has 1 fully saturated rings. The fraction of sp³-hybridized carbons (Fsp3) is 0.846. The predicted octanol–water partition coefficient (Wildman–Crippen LogP) is 3.70. The van der Waals surface area contributed by atoms with Crippen molar-refractivity contribution in [2.45, 2.75) is 58.8 Å². The van der Waals surface area contributed by atoms with E-state index in [0.29, 0.717) is 11.8 Å². The van der Waals surface area contributed by atoms with Crippen LogP contribution in [0.2, 0.25) is 0 Å². The molecule has 3 nitrogen and oxygen atoms in total. The summed E-state index contributed by atoms with van der Waals surface area (Å²) in [6.45, 7) is 6.49. The Labute approximate surface area is 97.6 Å². The fourth-order valence-corrected chi connectivity index (χ4v) is 2.79. The molecule has 0 atom stereocenters. The highest BCUT2D eigenvalue weighted by molar-refractivity contribution is 4.93. The second-order valence-corrected chi connectivity index (χ2v) is 5.51. The first-order valence-electron chi connectivity index (χ1n) is 6.45. The van der Waals surface area contributed by atoms with Crippen molar-refractivity contribution in [3.05, 3.63) is 11.8 Å². The molecule has 0 unspecified atom stereocenters. The van der Waals surface area contributed by atoms with E-state index >= 15 is 0 Å². The van der Waals surface area contributed by atoms with Crippen LogP contribution in [0.15, 0.2) is 4.42 Å². The highest BCUT2D eigenvalue weighted by Gasteiger charge is 2.26. The molecule has 1 aromatic rings. The first-order valence-corrected chi connectivity index (χ1v) is 6.45. The minimum absolute atomic E-state index is 0.518. The van der Waals surface area contributed by atoms with Gasteiger partial charge in [-0.2, -0.15) is 0 Å². The molecule has 1 aromatic heterocycles. The number of aromatic nitrogens is 2. The van der Waals surface area contributed by atoms with Gasteiger partial charge in [-0.1, -0.05) is 13.8 Å². The van der Waals surface area contributed by atoms with Crippen LogP contribution in [0.5, 0.6) is 0 Å². The van der Waals surface area contributed by atoms with E-state index in [1.165, 1.54) is 32.1 Å². The minimum atomic E-state index is 0.518. The van der Waals surface area contributed by atoms with E-state index in [-0.39, 0.29) is 0 Å². The molecule has 0 spiro atoms. The summed E-state index contributed by atoms with van der Waals surface area (Å²) in [6, 6.07) is 0. The van der Waals surface area contributed by atoms with Crippen LogP contribution in [0, 0.1) is 18.8 Å². The van der Waals surface area contributed by atoms with Gasteiger partial charge in [0.2, 0.25) is 11.8 Å². The quantitative estimate of drug-likeness (QED) is 0.782. The van der Waals surface area contributed by atoms with Gasteiger partial charge >= 0.3 is 0 Å². The summed E-state index contributed by atoms with van der Waals surface area (Å²) >= 11 is 0. The number of nitrogens with zero attached hydrogens (tertiary/aromatic N) is 2. The maximum absolute atomic E-state index is 5.52.